The first-order valence-electron chi connectivity index (χ1n) is 12.1. The van der Waals surface area contributed by atoms with Gasteiger partial charge in [0.25, 0.3) is 0 Å². The van der Waals surface area contributed by atoms with E-state index in [-0.39, 0.29) is 23.8 Å². The molecule has 4 rings (SSSR count). The average Bonchev–Trinajstić information content (AvgIpc) is 3.28. The van der Waals surface area contributed by atoms with Crippen molar-refractivity contribution in [1.82, 2.24) is 4.98 Å². The van der Waals surface area contributed by atoms with E-state index in [4.69, 9.17) is 18.9 Å². The van der Waals surface area contributed by atoms with Gasteiger partial charge >= 0.3 is 16.1 Å². The van der Waals surface area contributed by atoms with Gasteiger partial charge < -0.3 is 18.9 Å². The Hall–Kier alpha value is -3.37. The zero-order valence-corrected chi connectivity index (χ0v) is 22.8. The fraction of sp³-hybridized carbons (Fsp3) is 0.407. The van der Waals surface area contributed by atoms with Crippen molar-refractivity contribution >= 4 is 27.0 Å². The fourth-order valence-electron chi connectivity index (χ4n) is 5.27. The first kappa shape index (κ1) is 26.7. The number of aryl methyl sites for hydroxylation is 2. The molecule has 0 saturated carbocycles. The van der Waals surface area contributed by atoms with Gasteiger partial charge in [-0.1, -0.05) is 12.1 Å². The SMILES string of the molecule is COC(=O)[N+]1(S(=O)(=O)c2ccc(OC)c(COc3cccc4c(C)cc(C)nc34)c2OC)CCC[C@H]1C. The van der Waals surface area contributed by atoms with Gasteiger partial charge in [-0.25, -0.2) is 4.98 Å². The number of fused-ring (bicyclic) bond motifs is 1. The number of quaternary nitrogens is 1. The van der Waals surface area contributed by atoms with Crippen molar-refractivity contribution in [2.75, 3.05) is 27.9 Å². The number of amides is 1. The molecule has 198 valence electrons. The molecule has 2 atom stereocenters. The number of para-hydroxylation sites is 1. The Morgan fingerprint density at radius 1 is 1.08 bits per heavy atom. The normalized spacial score (nSPS) is 19.6. The van der Waals surface area contributed by atoms with Crippen LogP contribution in [0.2, 0.25) is 0 Å². The molecule has 3 aromatic rings. The number of benzene rings is 2. The third-order valence-electron chi connectivity index (χ3n) is 7.13. The third kappa shape index (κ3) is 4.27. The lowest BCUT2D eigenvalue weighted by Gasteiger charge is -2.32. The Bertz CT molecular complexity index is 1450. The van der Waals surface area contributed by atoms with Crippen LogP contribution >= 0.6 is 0 Å². The van der Waals surface area contributed by atoms with Gasteiger partial charge in [-0.15, -0.1) is 3.89 Å². The number of carbonyl (C=O) groups excluding carboxylic acids is 1. The number of aromatic nitrogens is 1. The summed E-state index contributed by atoms with van der Waals surface area (Å²) in [6.07, 6.45) is 0.347. The van der Waals surface area contributed by atoms with Gasteiger partial charge in [0.1, 0.15) is 36.2 Å². The first-order chi connectivity index (χ1) is 17.6. The summed E-state index contributed by atoms with van der Waals surface area (Å²) in [6, 6.07) is 10.2. The Morgan fingerprint density at radius 3 is 2.46 bits per heavy atom. The summed E-state index contributed by atoms with van der Waals surface area (Å²) < 4.78 is 49.8. The van der Waals surface area contributed by atoms with Crippen molar-refractivity contribution in [3.05, 3.63) is 53.2 Å². The van der Waals surface area contributed by atoms with Crippen molar-refractivity contribution in [2.45, 2.75) is 51.2 Å². The second kappa shape index (κ2) is 10.2. The van der Waals surface area contributed by atoms with E-state index in [1.165, 1.54) is 27.4 Å². The highest BCUT2D eigenvalue weighted by Gasteiger charge is 2.59. The molecule has 2 heterocycles. The summed E-state index contributed by atoms with van der Waals surface area (Å²) in [5.74, 6) is 1.02. The van der Waals surface area contributed by atoms with Crippen molar-refractivity contribution in [2.24, 2.45) is 0 Å². The number of pyridine rings is 1. The molecule has 1 fully saturated rings. The summed E-state index contributed by atoms with van der Waals surface area (Å²) in [6.45, 7) is 5.76. The summed E-state index contributed by atoms with van der Waals surface area (Å²) in [4.78, 5) is 17.5. The number of nitrogens with zero attached hydrogens (tertiary/aromatic N) is 2. The largest absolute Gasteiger partial charge is 0.531 e. The second-order valence-corrected chi connectivity index (χ2v) is 11.3. The zero-order valence-electron chi connectivity index (χ0n) is 22.0. The van der Waals surface area contributed by atoms with E-state index in [1.54, 1.807) is 13.0 Å². The number of hydrogen-bond donors (Lipinski definition) is 0. The molecule has 0 N–H and O–H groups in total. The van der Waals surface area contributed by atoms with E-state index < -0.39 is 26.0 Å². The highest BCUT2D eigenvalue weighted by atomic mass is 32.2. The molecule has 1 aliphatic rings. The molecule has 0 spiro atoms. The van der Waals surface area contributed by atoms with Crippen LogP contribution in [-0.2, 0) is 21.4 Å². The van der Waals surface area contributed by atoms with E-state index in [0.29, 0.717) is 35.4 Å². The van der Waals surface area contributed by atoms with Crippen LogP contribution in [0.4, 0.5) is 4.79 Å². The molecule has 0 radical (unpaired) electrons. The molecular weight excluding hydrogens is 496 g/mol. The summed E-state index contributed by atoms with van der Waals surface area (Å²) >= 11 is 0. The minimum absolute atomic E-state index is 0.0444. The topological polar surface area (TPSA) is 101 Å². The summed E-state index contributed by atoms with van der Waals surface area (Å²) in [5.41, 5.74) is 3.05. The molecule has 0 aliphatic carbocycles. The van der Waals surface area contributed by atoms with Crippen LogP contribution in [0.15, 0.2) is 41.3 Å². The molecule has 1 unspecified atom stereocenters. The van der Waals surface area contributed by atoms with Gasteiger partial charge in [0.2, 0.25) is 0 Å². The molecule has 9 nitrogen and oxygen atoms in total. The summed E-state index contributed by atoms with van der Waals surface area (Å²) in [7, 11) is -0.184. The minimum Gasteiger partial charge on any atom is -0.496 e. The Labute approximate surface area is 217 Å². The first-order valence-corrected chi connectivity index (χ1v) is 13.5. The highest BCUT2D eigenvalue weighted by Crippen LogP contribution is 2.43. The van der Waals surface area contributed by atoms with Gasteiger partial charge in [-0.05, 0) is 50.6 Å². The van der Waals surface area contributed by atoms with Crippen LogP contribution in [0, 0.1) is 13.8 Å². The Morgan fingerprint density at radius 2 is 1.84 bits per heavy atom. The monoisotopic (exact) mass is 529 g/mol. The van der Waals surface area contributed by atoms with Gasteiger partial charge in [0.15, 0.2) is 10.6 Å². The molecule has 1 amide bonds. The third-order valence-corrected chi connectivity index (χ3v) is 9.56. The predicted molar refractivity (Wildman–Crippen MR) is 139 cm³/mol. The van der Waals surface area contributed by atoms with Gasteiger partial charge in [-0.3, -0.25) is 0 Å². The molecule has 2 aromatic carbocycles. The van der Waals surface area contributed by atoms with Crippen LogP contribution in [0.5, 0.6) is 17.2 Å². The lowest BCUT2D eigenvalue weighted by atomic mass is 10.1. The van der Waals surface area contributed by atoms with Gasteiger partial charge in [0.05, 0.1) is 26.9 Å². The minimum atomic E-state index is -4.27. The van der Waals surface area contributed by atoms with Crippen molar-refractivity contribution in [3.63, 3.8) is 0 Å². The number of ether oxygens (including phenoxy) is 4. The van der Waals surface area contributed by atoms with Gasteiger partial charge in [0, 0.05) is 23.9 Å². The zero-order chi connectivity index (χ0) is 27.0. The Balaban J connectivity index is 1.83. The quantitative estimate of drug-likeness (QED) is 0.398. The fourth-order valence-corrected chi connectivity index (χ4v) is 7.52. The maximum atomic E-state index is 14.1. The number of carbonyl (C=O) groups is 1. The highest BCUT2D eigenvalue weighted by molar-refractivity contribution is 7.86. The van der Waals surface area contributed by atoms with Crippen LogP contribution in [-0.4, -0.2) is 57.3 Å². The lowest BCUT2D eigenvalue weighted by molar-refractivity contribution is -0.742. The van der Waals surface area contributed by atoms with Gasteiger partial charge in [-0.2, -0.15) is 13.2 Å². The Kier molecular flexibility index (Phi) is 7.34. The number of rotatable bonds is 7. The molecule has 1 aliphatic heterocycles. The number of methoxy groups -OCH3 is 3. The van der Waals surface area contributed by atoms with E-state index >= 15 is 0 Å². The van der Waals surface area contributed by atoms with E-state index in [9.17, 15) is 13.2 Å². The van der Waals surface area contributed by atoms with Crippen LogP contribution in [0.3, 0.4) is 0 Å². The number of sulfonamides is 1. The maximum absolute atomic E-state index is 14.1. The lowest BCUT2D eigenvalue weighted by Crippen LogP contribution is -2.58. The standard InChI is InChI=1S/C27H33N2O7S/c1-17-15-18(2)28-25-20(17)10-7-11-23(25)36-16-21-22(33-4)12-13-24(26(21)34-5)37(31,32)29(27(30)35-6)14-8-9-19(29)3/h7,10-13,15,19H,8-9,14,16H2,1-6H3/q+1/t19-,29?/m1/s1. The van der Waals surface area contributed by atoms with E-state index in [0.717, 1.165) is 16.6 Å². The number of likely N-dealkylation sites (tertiary alicyclic amines) is 1. The van der Waals surface area contributed by atoms with Crippen molar-refractivity contribution in [1.29, 1.82) is 0 Å². The van der Waals surface area contributed by atoms with E-state index in [2.05, 4.69) is 4.98 Å². The summed E-state index contributed by atoms with van der Waals surface area (Å²) in [5, 5.41) is 0.964. The van der Waals surface area contributed by atoms with Crippen LogP contribution in [0.25, 0.3) is 10.9 Å². The molecule has 0 bridgehead atoms. The maximum Gasteiger partial charge on any atom is 0.531 e. The smallest absolute Gasteiger partial charge is 0.496 e. The van der Waals surface area contributed by atoms with Crippen molar-refractivity contribution < 1.29 is 36.0 Å². The molecule has 1 aromatic heterocycles. The van der Waals surface area contributed by atoms with E-state index in [1.807, 2.05) is 38.1 Å². The average molecular weight is 530 g/mol. The van der Waals surface area contributed by atoms with Crippen LogP contribution < -0.4 is 14.2 Å². The number of hydrogen-bond acceptors (Lipinski definition) is 8. The molecular formula is C27H33N2O7S+. The predicted octanol–water partition coefficient (Wildman–Crippen LogP) is 4.90. The van der Waals surface area contributed by atoms with Crippen molar-refractivity contribution in [3.8, 4) is 17.2 Å². The van der Waals surface area contributed by atoms with Crippen LogP contribution in [0.1, 0.15) is 36.6 Å². The molecule has 37 heavy (non-hydrogen) atoms. The molecule has 10 heteroatoms. The molecule has 1 saturated heterocycles. The second-order valence-electron chi connectivity index (χ2n) is 9.25.